The minimum Gasteiger partial charge on any atom is -0.444 e. The van der Waals surface area contributed by atoms with Crippen LogP contribution >= 0.6 is 0 Å². The number of morpholine rings is 1. The van der Waals surface area contributed by atoms with Crippen LogP contribution in [0, 0.1) is 5.82 Å². The summed E-state index contributed by atoms with van der Waals surface area (Å²) in [6, 6.07) is 6.16. The number of rotatable bonds is 3. The van der Waals surface area contributed by atoms with Crippen LogP contribution in [-0.4, -0.2) is 35.2 Å². The van der Waals surface area contributed by atoms with Crippen molar-refractivity contribution in [2.45, 2.75) is 32.6 Å². The minimum atomic E-state index is -0.262. The van der Waals surface area contributed by atoms with Crippen molar-refractivity contribution >= 4 is 0 Å². The van der Waals surface area contributed by atoms with Crippen molar-refractivity contribution in [1.82, 2.24) is 9.88 Å². The average Bonchev–Trinajstić information content (AvgIpc) is 2.87. The summed E-state index contributed by atoms with van der Waals surface area (Å²) >= 11 is 0. The monoisotopic (exact) mass is 290 g/mol. The Hall–Kier alpha value is -1.72. The maximum Gasteiger partial charge on any atom is 0.226 e. The van der Waals surface area contributed by atoms with Crippen LogP contribution in [-0.2, 0) is 11.3 Å². The number of halogens is 1. The molecule has 0 spiro atoms. The molecule has 1 aliphatic heterocycles. The molecule has 0 aliphatic carbocycles. The van der Waals surface area contributed by atoms with Crippen molar-refractivity contribution in [3.63, 3.8) is 0 Å². The Morgan fingerprint density at radius 2 is 1.86 bits per heavy atom. The third-order valence-corrected chi connectivity index (χ3v) is 3.52. The van der Waals surface area contributed by atoms with Gasteiger partial charge in [0.1, 0.15) is 12.1 Å². The fourth-order valence-electron chi connectivity index (χ4n) is 2.75. The van der Waals surface area contributed by atoms with E-state index in [4.69, 9.17) is 9.15 Å². The Labute approximate surface area is 123 Å². The molecule has 1 fully saturated rings. The highest BCUT2D eigenvalue weighted by molar-refractivity contribution is 5.52. The first-order valence-corrected chi connectivity index (χ1v) is 7.18. The van der Waals surface area contributed by atoms with Crippen molar-refractivity contribution in [1.29, 1.82) is 0 Å². The Kier molecular flexibility index (Phi) is 4.03. The van der Waals surface area contributed by atoms with E-state index in [0.717, 1.165) is 30.9 Å². The SMILES string of the molecule is C[C@H]1CN(Cc2coc(-c3ccc(F)cc3)n2)C[C@H](C)O1. The Bertz CT molecular complexity index is 587. The van der Waals surface area contributed by atoms with Crippen LogP contribution in [0.15, 0.2) is 34.9 Å². The molecule has 3 rings (SSSR count). The van der Waals surface area contributed by atoms with Gasteiger partial charge in [-0.2, -0.15) is 0 Å². The first-order chi connectivity index (χ1) is 10.1. The Morgan fingerprint density at radius 1 is 1.19 bits per heavy atom. The van der Waals surface area contributed by atoms with E-state index in [1.807, 2.05) is 0 Å². The predicted octanol–water partition coefficient (Wildman–Crippen LogP) is 3.09. The lowest BCUT2D eigenvalue weighted by Crippen LogP contribution is -2.44. The summed E-state index contributed by atoms with van der Waals surface area (Å²) in [5.74, 6) is 0.265. The lowest BCUT2D eigenvalue weighted by atomic mass is 10.2. The third-order valence-electron chi connectivity index (χ3n) is 3.52. The van der Waals surface area contributed by atoms with Gasteiger partial charge in [0.05, 0.1) is 17.9 Å². The largest absolute Gasteiger partial charge is 0.444 e. The topological polar surface area (TPSA) is 38.5 Å². The second-order valence-corrected chi connectivity index (χ2v) is 5.60. The van der Waals surface area contributed by atoms with Crippen LogP contribution in [0.5, 0.6) is 0 Å². The summed E-state index contributed by atoms with van der Waals surface area (Å²) in [4.78, 5) is 6.79. The van der Waals surface area contributed by atoms with E-state index in [-0.39, 0.29) is 18.0 Å². The smallest absolute Gasteiger partial charge is 0.226 e. The second kappa shape index (κ2) is 5.95. The number of hydrogen-bond acceptors (Lipinski definition) is 4. The van der Waals surface area contributed by atoms with Crippen LogP contribution in [0.25, 0.3) is 11.5 Å². The summed E-state index contributed by atoms with van der Waals surface area (Å²) in [6.45, 7) is 6.68. The molecule has 2 heterocycles. The number of ether oxygens (including phenoxy) is 1. The van der Waals surface area contributed by atoms with Gasteiger partial charge in [-0.25, -0.2) is 9.37 Å². The van der Waals surface area contributed by atoms with Gasteiger partial charge in [0.2, 0.25) is 5.89 Å². The zero-order chi connectivity index (χ0) is 14.8. The predicted molar refractivity (Wildman–Crippen MR) is 77.2 cm³/mol. The van der Waals surface area contributed by atoms with Crippen LogP contribution in [0.4, 0.5) is 4.39 Å². The van der Waals surface area contributed by atoms with Gasteiger partial charge in [-0.15, -0.1) is 0 Å². The minimum absolute atomic E-state index is 0.234. The summed E-state index contributed by atoms with van der Waals surface area (Å²) in [7, 11) is 0. The molecule has 1 aromatic heterocycles. The number of nitrogens with zero attached hydrogens (tertiary/aromatic N) is 2. The number of benzene rings is 1. The van der Waals surface area contributed by atoms with Crippen molar-refractivity contribution in [3.8, 4) is 11.5 Å². The molecule has 4 nitrogen and oxygen atoms in total. The van der Waals surface area contributed by atoms with Crippen molar-refractivity contribution in [2.24, 2.45) is 0 Å². The summed E-state index contributed by atoms with van der Waals surface area (Å²) < 4.78 is 24.1. The van der Waals surface area contributed by atoms with Crippen LogP contribution in [0.2, 0.25) is 0 Å². The average molecular weight is 290 g/mol. The van der Waals surface area contributed by atoms with E-state index in [9.17, 15) is 4.39 Å². The maximum absolute atomic E-state index is 12.9. The van der Waals surface area contributed by atoms with Crippen molar-refractivity contribution in [3.05, 3.63) is 42.0 Å². The Balaban J connectivity index is 1.69. The molecular weight excluding hydrogens is 271 g/mol. The Morgan fingerprint density at radius 3 is 2.52 bits per heavy atom. The van der Waals surface area contributed by atoms with Crippen molar-refractivity contribution < 1.29 is 13.5 Å². The third kappa shape index (κ3) is 3.49. The van der Waals surface area contributed by atoms with E-state index < -0.39 is 0 Å². The van der Waals surface area contributed by atoms with E-state index in [1.165, 1.54) is 12.1 Å². The molecule has 1 aliphatic rings. The van der Waals surface area contributed by atoms with Gasteiger partial charge in [0.25, 0.3) is 0 Å². The maximum atomic E-state index is 12.9. The van der Waals surface area contributed by atoms with Gasteiger partial charge in [-0.3, -0.25) is 4.90 Å². The van der Waals surface area contributed by atoms with Gasteiger partial charge >= 0.3 is 0 Å². The zero-order valence-corrected chi connectivity index (χ0v) is 12.3. The number of hydrogen-bond donors (Lipinski definition) is 0. The lowest BCUT2D eigenvalue weighted by molar-refractivity contribution is -0.0707. The molecule has 5 heteroatoms. The highest BCUT2D eigenvalue weighted by Crippen LogP contribution is 2.20. The quantitative estimate of drug-likeness (QED) is 0.870. The van der Waals surface area contributed by atoms with Gasteiger partial charge in [0, 0.05) is 25.2 Å². The van der Waals surface area contributed by atoms with E-state index >= 15 is 0 Å². The normalized spacial score (nSPS) is 23.4. The van der Waals surface area contributed by atoms with Crippen LogP contribution in [0.1, 0.15) is 19.5 Å². The van der Waals surface area contributed by atoms with E-state index in [0.29, 0.717) is 5.89 Å². The fraction of sp³-hybridized carbons (Fsp3) is 0.438. The highest BCUT2D eigenvalue weighted by atomic mass is 19.1. The highest BCUT2D eigenvalue weighted by Gasteiger charge is 2.23. The molecule has 0 saturated carbocycles. The molecule has 2 aromatic rings. The lowest BCUT2D eigenvalue weighted by Gasteiger charge is -2.34. The number of oxazole rings is 1. The summed E-state index contributed by atoms with van der Waals surface area (Å²) in [5, 5.41) is 0. The molecule has 0 unspecified atom stereocenters. The first kappa shape index (κ1) is 14.2. The molecule has 21 heavy (non-hydrogen) atoms. The van der Waals surface area contributed by atoms with Crippen LogP contribution in [0.3, 0.4) is 0 Å². The molecule has 0 bridgehead atoms. The summed E-state index contributed by atoms with van der Waals surface area (Å²) in [6.07, 6.45) is 2.14. The number of aromatic nitrogens is 1. The first-order valence-electron chi connectivity index (χ1n) is 7.18. The second-order valence-electron chi connectivity index (χ2n) is 5.60. The van der Waals surface area contributed by atoms with Crippen LogP contribution < -0.4 is 0 Å². The van der Waals surface area contributed by atoms with Gasteiger partial charge in [-0.1, -0.05) is 0 Å². The molecule has 1 saturated heterocycles. The molecular formula is C16H19FN2O2. The molecule has 1 aromatic carbocycles. The van der Waals surface area contributed by atoms with E-state index in [1.54, 1.807) is 18.4 Å². The van der Waals surface area contributed by atoms with Crippen molar-refractivity contribution in [2.75, 3.05) is 13.1 Å². The zero-order valence-electron chi connectivity index (χ0n) is 12.3. The molecule has 112 valence electrons. The van der Waals surface area contributed by atoms with E-state index in [2.05, 4.69) is 23.7 Å². The van der Waals surface area contributed by atoms with Gasteiger partial charge in [-0.05, 0) is 38.1 Å². The molecule has 2 atom stereocenters. The van der Waals surface area contributed by atoms with Gasteiger partial charge < -0.3 is 9.15 Å². The summed E-state index contributed by atoms with van der Waals surface area (Å²) in [5.41, 5.74) is 1.67. The standard InChI is InChI=1S/C16H19FN2O2/c1-11-7-19(8-12(2)21-11)9-15-10-20-16(18-15)13-3-5-14(17)6-4-13/h3-6,10-12H,7-9H2,1-2H3/t11-,12-/m0/s1. The molecule has 0 amide bonds. The molecule has 0 N–H and O–H groups in total. The fourth-order valence-corrected chi connectivity index (χ4v) is 2.75. The van der Waals surface area contributed by atoms with Gasteiger partial charge in [0.15, 0.2) is 0 Å². The molecule has 0 radical (unpaired) electrons.